The molecule has 0 heterocycles. The number of Topliss-reactive ketones (excluding diaryl/α,β-unsaturated/α-hetero) is 1. The molecule has 0 aliphatic heterocycles. The van der Waals surface area contributed by atoms with Crippen molar-refractivity contribution in [1.82, 2.24) is 0 Å². The van der Waals surface area contributed by atoms with Crippen LogP contribution in [-0.4, -0.2) is 12.9 Å². The van der Waals surface area contributed by atoms with Crippen molar-refractivity contribution >= 4 is 11.5 Å². The fourth-order valence-electron chi connectivity index (χ4n) is 2.09. The Bertz CT molecular complexity index is 434. The molecule has 1 aliphatic rings. The van der Waals surface area contributed by atoms with Gasteiger partial charge in [-0.1, -0.05) is 6.42 Å². The zero-order valence-corrected chi connectivity index (χ0v) is 10.7. The van der Waals surface area contributed by atoms with Gasteiger partial charge in [0.2, 0.25) is 0 Å². The molecule has 1 fully saturated rings. The van der Waals surface area contributed by atoms with Gasteiger partial charge in [-0.05, 0) is 43.5 Å². The molecule has 1 aliphatic carbocycles. The number of hydrogen-bond donors (Lipinski definition) is 1. The molecule has 96 valence electrons. The van der Waals surface area contributed by atoms with Crippen molar-refractivity contribution in [2.75, 3.05) is 12.4 Å². The monoisotopic (exact) mass is 245 g/mol. The van der Waals surface area contributed by atoms with E-state index >= 15 is 0 Å². The third-order valence-electron chi connectivity index (χ3n) is 3.21. The number of carbonyl (C=O) groups is 1. The molecule has 1 aromatic rings. The van der Waals surface area contributed by atoms with Crippen LogP contribution in [-0.2, 0) is 4.79 Å². The number of hydrogen-bond acceptors (Lipinski definition) is 3. The summed E-state index contributed by atoms with van der Waals surface area (Å²) in [6, 6.07) is 7.68. The molecule has 1 aromatic carbocycles. The van der Waals surface area contributed by atoms with E-state index in [2.05, 4.69) is 5.32 Å². The van der Waals surface area contributed by atoms with Gasteiger partial charge in [0.15, 0.2) is 5.78 Å². The summed E-state index contributed by atoms with van der Waals surface area (Å²) in [5.41, 5.74) is 1.89. The van der Waals surface area contributed by atoms with Gasteiger partial charge in [-0.25, -0.2) is 0 Å². The Morgan fingerprint density at radius 2 is 1.83 bits per heavy atom. The Labute approximate surface area is 108 Å². The minimum absolute atomic E-state index is 0.286. The summed E-state index contributed by atoms with van der Waals surface area (Å²) in [6.45, 7) is 0. The maximum atomic E-state index is 11.8. The van der Waals surface area contributed by atoms with E-state index in [1.165, 1.54) is 0 Å². The fraction of sp³-hybridized carbons (Fsp3) is 0.400. The molecule has 1 N–H and O–H groups in total. The summed E-state index contributed by atoms with van der Waals surface area (Å²) >= 11 is 0. The number of carbonyl (C=O) groups excluding carboxylic acids is 1. The van der Waals surface area contributed by atoms with Gasteiger partial charge in [0.25, 0.3) is 0 Å². The van der Waals surface area contributed by atoms with Crippen LogP contribution in [0.3, 0.4) is 0 Å². The summed E-state index contributed by atoms with van der Waals surface area (Å²) < 4.78 is 5.10. The lowest BCUT2D eigenvalue weighted by molar-refractivity contribution is -0.115. The quantitative estimate of drug-likeness (QED) is 0.654. The van der Waals surface area contributed by atoms with Crippen molar-refractivity contribution in [2.24, 2.45) is 0 Å². The average Bonchev–Trinajstić information content (AvgIpc) is 2.62. The molecular formula is C15H19NO2. The topological polar surface area (TPSA) is 38.3 Å². The highest BCUT2D eigenvalue weighted by molar-refractivity contribution is 5.95. The molecule has 0 aromatic heterocycles. The lowest BCUT2D eigenvalue weighted by Crippen LogP contribution is -2.02. The second-order valence-electron chi connectivity index (χ2n) is 4.53. The number of allylic oxidation sites excluding steroid dienone is 1. The van der Waals surface area contributed by atoms with E-state index in [-0.39, 0.29) is 5.78 Å². The summed E-state index contributed by atoms with van der Waals surface area (Å²) in [7, 11) is 1.65. The third-order valence-corrected chi connectivity index (χ3v) is 3.21. The third kappa shape index (κ3) is 3.36. The molecule has 0 amide bonds. The van der Waals surface area contributed by atoms with Crippen LogP contribution in [0.5, 0.6) is 5.75 Å². The van der Waals surface area contributed by atoms with Crippen LogP contribution in [0, 0.1) is 0 Å². The van der Waals surface area contributed by atoms with Gasteiger partial charge in [0.1, 0.15) is 5.75 Å². The maximum Gasteiger partial charge on any atom is 0.160 e. The highest BCUT2D eigenvalue weighted by Gasteiger charge is 2.12. The summed E-state index contributed by atoms with van der Waals surface area (Å²) in [5, 5.41) is 3.19. The van der Waals surface area contributed by atoms with Crippen molar-refractivity contribution in [3.8, 4) is 5.75 Å². The Morgan fingerprint density at radius 1 is 1.11 bits per heavy atom. The average molecular weight is 245 g/mol. The Hall–Kier alpha value is -1.77. The predicted octanol–water partition coefficient (Wildman–Crippen LogP) is 3.52. The van der Waals surface area contributed by atoms with Crippen LogP contribution < -0.4 is 10.1 Å². The van der Waals surface area contributed by atoms with Crippen LogP contribution in [0.1, 0.15) is 32.1 Å². The second-order valence-corrected chi connectivity index (χ2v) is 4.53. The summed E-state index contributed by atoms with van der Waals surface area (Å²) in [5.74, 6) is 1.12. The normalized spacial score (nSPS) is 18.5. The molecular weight excluding hydrogens is 226 g/mol. The van der Waals surface area contributed by atoms with Crippen LogP contribution in [0.2, 0.25) is 0 Å². The number of rotatable bonds is 3. The molecule has 0 unspecified atom stereocenters. The largest absolute Gasteiger partial charge is 0.497 e. The van der Waals surface area contributed by atoms with E-state index in [0.29, 0.717) is 6.42 Å². The fourth-order valence-corrected chi connectivity index (χ4v) is 2.09. The SMILES string of the molecule is COc1ccc(NC=C2CCCCCC2=O)cc1. The molecule has 1 saturated carbocycles. The number of methoxy groups -OCH3 is 1. The second kappa shape index (κ2) is 6.24. The molecule has 3 nitrogen and oxygen atoms in total. The molecule has 2 rings (SSSR count). The van der Waals surface area contributed by atoms with Crippen LogP contribution in [0.15, 0.2) is 36.0 Å². The Morgan fingerprint density at radius 3 is 2.56 bits per heavy atom. The van der Waals surface area contributed by atoms with Crippen molar-refractivity contribution in [3.63, 3.8) is 0 Å². The maximum absolute atomic E-state index is 11.8. The minimum atomic E-state index is 0.286. The summed E-state index contributed by atoms with van der Waals surface area (Å²) in [6.07, 6.45) is 6.74. The first kappa shape index (κ1) is 12.7. The smallest absolute Gasteiger partial charge is 0.160 e. The highest BCUT2D eigenvalue weighted by atomic mass is 16.5. The van der Waals surface area contributed by atoms with E-state index in [4.69, 9.17) is 4.74 Å². The molecule has 0 atom stereocenters. The van der Waals surface area contributed by atoms with Crippen LogP contribution in [0.25, 0.3) is 0 Å². The van der Waals surface area contributed by atoms with Crippen molar-refractivity contribution in [3.05, 3.63) is 36.0 Å². The summed E-state index contributed by atoms with van der Waals surface area (Å²) in [4.78, 5) is 11.8. The van der Waals surface area contributed by atoms with Crippen molar-refractivity contribution in [2.45, 2.75) is 32.1 Å². The first-order valence-corrected chi connectivity index (χ1v) is 6.42. The number of ether oxygens (including phenoxy) is 1. The highest BCUT2D eigenvalue weighted by Crippen LogP contribution is 2.20. The lowest BCUT2D eigenvalue weighted by Gasteiger charge is -2.05. The number of nitrogens with one attached hydrogen (secondary N) is 1. The molecule has 0 radical (unpaired) electrons. The standard InChI is InChI=1S/C15H19NO2/c1-18-14-9-7-13(8-10-14)16-11-12-5-3-2-4-6-15(12)17/h7-11,16H,2-6H2,1H3. The minimum Gasteiger partial charge on any atom is -0.497 e. The van der Waals surface area contributed by atoms with Gasteiger partial charge in [-0.2, -0.15) is 0 Å². The van der Waals surface area contributed by atoms with Gasteiger partial charge in [-0.3, -0.25) is 4.79 Å². The van der Waals surface area contributed by atoms with E-state index in [9.17, 15) is 4.79 Å². The first-order chi connectivity index (χ1) is 8.79. The predicted molar refractivity (Wildman–Crippen MR) is 72.8 cm³/mol. The van der Waals surface area contributed by atoms with Crippen molar-refractivity contribution in [1.29, 1.82) is 0 Å². The molecule has 0 bridgehead atoms. The van der Waals surface area contributed by atoms with E-state index in [1.54, 1.807) is 7.11 Å². The van der Waals surface area contributed by atoms with Gasteiger partial charge >= 0.3 is 0 Å². The van der Waals surface area contributed by atoms with Crippen LogP contribution in [0.4, 0.5) is 5.69 Å². The van der Waals surface area contributed by atoms with E-state index < -0.39 is 0 Å². The number of ketones is 1. The molecule has 0 spiro atoms. The van der Waals surface area contributed by atoms with Gasteiger partial charge in [0, 0.05) is 23.9 Å². The number of anilines is 1. The number of benzene rings is 1. The lowest BCUT2D eigenvalue weighted by atomic mass is 10.1. The van der Waals surface area contributed by atoms with Gasteiger partial charge < -0.3 is 10.1 Å². The first-order valence-electron chi connectivity index (χ1n) is 6.42. The van der Waals surface area contributed by atoms with Crippen LogP contribution >= 0.6 is 0 Å². The zero-order chi connectivity index (χ0) is 12.8. The van der Waals surface area contributed by atoms with Crippen molar-refractivity contribution < 1.29 is 9.53 Å². The van der Waals surface area contributed by atoms with E-state index in [0.717, 1.165) is 42.7 Å². The molecule has 3 heteroatoms. The zero-order valence-electron chi connectivity index (χ0n) is 10.7. The molecule has 0 saturated heterocycles. The van der Waals surface area contributed by atoms with Gasteiger partial charge in [-0.15, -0.1) is 0 Å². The van der Waals surface area contributed by atoms with Gasteiger partial charge in [0.05, 0.1) is 7.11 Å². The van der Waals surface area contributed by atoms with E-state index in [1.807, 2.05) is 30.5 Å². The molecule has 18 heavy (non-hydrogen) atoms. The Kier molecular flexibility index (Phi) is 4.40. The Balaban J connectivity index is 2.01.